The number of ether oxygens (including phenoxy) is 3. The Kier molecular flexibility index (Phi) is 6.00. The van der Waals surface area contributed by atoms with Crippen LogP contribution in [0.3, 0.4) is 0 Å². The first-order chi connectivity index (χ1) is 13.9. The molecule has 3 rings (SSSR count). The van der Waals surface area contributed by atoms with Gasteiger partial charge in [0.2, 0.25) is 0 Å². The van der Waals surface area contributed by atoms with Gasteiger partial charge in [0.15, 0.2) is 5.78 Å². The van der Waals surface area contributed by atoms with Gasteiger partial charge in [0.05, 0.1) is 32.7 Å². The van der Waals surface area contributed by atoms with Gasteiger partial charge in [0.25, 0.3) is 0 Å². The second-order valence-corrected chi connectivity index (χ2v) is 6.81. The van der Waals surface area contributed by atoms with Crippen molar-refractivity contribution in [3.8, 4) is 17.2 Å². The van der Waals surface area contributed by atoms with Crippen molar-refractivity contribution in [3.05, 3.63) is 42.0 Å². The summed E-state index contributed by atoms with van der Waals surface area (Å²) in [5, 5.41) is 2.56. The lowest BCUT2D eigenvalue weighted by atomic mass is 9.94. The van der Waals surface area contributed by atoms with E-state index in [0.29, 0.717) is 44.4 Å². The fraction of sp³-hybridized carbons (Fsp3) is 0.273. The van der Waals surface area contributed by atoms with Crippen LogP contribution in [-0.4, -0.2) is 58.1 Å². The van der Waals surface area contributed by atoms with Gasteiger partial charge in [0.1, 0.15) is 17.2 Å². The van der Waals surface area contributed by atoms with Crippen molar-refractivity contribution in [2.45, 2.75) is 0 Å². The summed E-state index contributed by atoms with van der Waals surface area (Å²) in [6, 6.07) is 10.6. The molecule has 3 aromatic carbocycles. The molecule has 0 aliphatic heterocycles. The molecule has 7 nitrogen and oxygen atoms in total. The number of nitrogens with zero attached hydrogens (tertiary/aromatic N) is 1. The summed E-state index contributed by atoms with van der Waals surface area (Å²) >= 11 is 0. The van der Waals surface area contributed by atoms with E-state index in [1.807, 2.05) is 12.1 Å². The van der Waals surface area contributed by atoms with E-state index in [9.17, 15) is 9.59 Å². The summed E-state index contributed by atoms with van der Waals surface area (Å²) in [6.07, 6.45) is 0. The van der Waals surface area contributed by atoms with Crippen molar-refractivity contribution in [2.24, 2.45) is 5.73 Å². The molecule has 2 N–H and O–H groups in total. The smallest absolute Gasteiger partial charge is 0.325 e. The first-order valence-electron chi connectivity index (χ1n) is 9.11. The summed E-state index contributed by atoms with van der Waals surface area (Å²) in [5.74, 6) is 0.760. The molecule has 0 aliphatic carbocycles. The van der Waals surface area contributed by atoms with Gasteiger partial charge in [-0.15, -0.1) is 0 Å². The number of ketones is 1. The highest BCUT2D eigenvalue weighted by atomic mass is 16.5. The Balaban J connectivity index is 2.39. The van der Waals surface area contributed by atoms with Crippen LogP contribution < -0.4 is 19.9 Å². The average Bonchev–Trinajstić information content (AvgIpc) is 2.70. The van der Waals surface area contributed by atoms with Crippen LogP contribution in [0.25, 0.3) is 21.5 Å². The number of Topliss-reactive ketones (excluding diaryl/α,β-unsaturated/α-hetero) is 1. The van der Waals surface area contributed by atoms with Crippen molar-refractivity contribution in [1.29, 1.82) is 0 Å². The van der Waals surface area contributed by atoms with E-state index >= 15 is 0 Å². The van der Waals surface area contributed by atoms with Crippen LogP contribution in [0.15, 0.2) is 36.4 Å². The molecule has 0 radical (unpaired) electrons. The molecule has 0 amide bonds. The fourth-order valence-electron chi connectivity index (χ4n) is 3.47. The number of likely N-dealkylation sites (N-methyl/N-ethyl adjacent to an activating group) is 1. The monoisotopic (exact) mass is 396 g/mol. The van der Waals surface area contributed by atoms with Gasteiger partial charge in [-0.2, -0.15) is 0 Å². The maximum absolute atomic E-state index is 12.5. The second kappa shape index (κ2) is 8.46. The number of hydrogen-bond donors (Lipinski definition) is 1. The van der Waals surface area contributed by atoms with Gasteiger partial charge in [-0.25, -0.2) is 0 Å². The Morgan fingerprint density at radius 1 is 0.931 bits per heavy atom. The molecule has 0 spiro atoms. The van der Waals surface area contributed by atoms with E-state index in [0.717, 1.165) is 0 Å². The number of benzene rings is 3. The number of esters is 1. The number of nitrogens with two attached hydrogens (primary N) is 1. The van der Waals surface area contributed by atoms with E-state index in [2.05, 4.69) is 0 Å². The third-order valence-electron chi connectivity index (χ3n) is 4.60. The molecular weight excluding hydrogens is 372 g/mol. The van der Waals surface area contributed by atoms with E-state index in [4.69, 9.17) is 19.9 Å². The van der Waals surface area contributed by atoms with Crippen LogP contribution in [0.4, 0.5) is 0 Å². The molecule has 0 aromatic heterocycles. The topological polar surface area (TPSA) is 91.1 Å². The zero-order valence-electron chi connectivity index (χ0n) is 16.9. The van der Waals surface area contributed by atoms with Crippen molar-refractivity contribution in [2.75, 3.05) is 41.4 Å². The molecule has 0 unspecified atom stereocenters. The third-order valence-corrected chi connectivity index (χ3v) is 4.60. The fourth-order valence-corrected chi connectivity index (χ4v) is 3.47. The molecule has 0 fully saturated rings. The molecule has 29 heavy (non-hydrogen) atoms. The van der Waals surface area contributed by atoms with Gasteiger partial charge >= 0.3 is 5.97 Å². The minimum Gasteiger partial charge on any atom is -0.495 e. The van der Waals surface area contributed by atoms with Crippen molar-refractivity contribution in [1.82, 2.24) is 4.90 Å². The van der Waals surface area contributed by atoms with Gasteiger partial charge in [-0.05, 0) is 20.2 Å². The molecule has 0 saturated carbocycles. The van der Waals surface area contributed by atoms with E-state index in [-0.39, 0.29) is 18.9 Å². The summed E-state index contributed by atoms with van der Waals surface area (Å²) in [7, 11) is 6.65. The SMILES string of the molecule is COc1c2cccc(C(=O)CN)c2c(OC)c2cccc(OC(=O)CN(C)C)c12. The molecule has 152 valence electrons. The maximum atomic E-state index is 12.5. The van der Waals surface area contributed by atoms with E-state index in [1.54, 1.807) is 43.3 Å². The second-order valence-electron chi connectivity index (χ2n) is 6.81. The van der Waals surface area contributed by atoms with Crippen LogP contribution in [0, 0.1) is 0 Å². The minimum atomic E-state index is -0.393. The van der Waals surface area contributed by atoms with E-state index in [1.165, 1.54) is 14.2 Å². The Hall–Kier alpha value is -3.16. The number of rotatable bonds is 7. The van der Waals surface area contributed by atoms with Crippen LogP contribution in [0.1, 0.15) is 10.4 Å². The van der Waals surface area contributed by atoms with Gasteiger partial charge in [0, 0.05) is 21.7 Å². The highest BCUT2D eigenvalue weighted by Gasteiger charge is 2.23. The lowest BCUT2D eigenvalue weighted by Crippen LogP contribution is -2.25. The largest absolute Gasteiger partial charge is 0.495 e. The maximum Gasteiger partial charge on any atom is 0.325 e. The lowest BCUT2D eigenvalue weighted by molar-refractivity contribution is -0.134. The molecule has 0 saturated heterocycles. The molecule has 0 bridgehead atoms. The summed E-state index contributed by atoms with van der Waals surface area (Å²) in [4.78, 5) is 26.5. The number of carbonyl (C=O) groups excluding carboxylic acids is 2. The standard InChI is InChI=1S/C22H24N2O5/c1-24(2)12-18(26)29-17-10-6-9-15-20(17)22(28-4)14-8-5-7-13(16(25)11-23)19(14)21(15)27-3/h5-10H,11-12,23H2,1-4H3. The van der Waals surface area contributed by atoms with Crippen LogP contribution in [0.2, 0.25) is 0 Å². The quantitative estimate of drug-likeness (QED) is 0.284. The normalized spacial score (nSPS) is 11.1. The molecule has 0 heterocycles. The first-order valence-corrected chi connectivity index (χ1v) is 9.11. The first kappa shape index (κ1) is 20.6. The molecule has 3 aromatic rings. The zero-order valence-corrected chi connectivity index (χ0v) is 16.9. The Morgan fingerprint density at radius 3 is 2.10 bits per heavy atom. The lowest BCUT2D eigenvalue weighted by Gasteiger charge is -2.19. The van der Waals surface area contributed by atoms with Gasteiger partial charge in [-0.1, -0.05) is 30.3 Å². The van der Waals surface area contributed by atoms with Gasteiger partial charge in [-0.3, -0.25) is 14.5 Å². The van der Waals surface area contributed by atoms with Crippen molar-refractivity contribution in [3.63, 3.8) is 0 Å². The average molecular weight is 396 g/mol. The minimum absolute atomic E-state index is 0.120. The number of fused-ring (bicyclic) bond motifs is 2. The predicted molar refractivity (Wildman–Crippen MR) is 112 cm³/mol. The van der Waals surface area contributed by atoms with Gasteiger partial charge < -0.3 is 19.9 Å². The Bertz CT molecular complexity index is 1090. The zero-order chi connectivity index (χ0) is 21.1. The Labute approximate surface area is 168 Å². The number of hydrogen-bond acceptors (Lipinski definition) is 7. The van der Waals surface area contributed by atoms with Crippen LogP contribution >= 0.6 is 0 Å². The summed E-state index contributed by atoms with van der Waals surface area (Å²) < 4.78 is 17.0. The highest BCUT2D eigenvalue weighted by molar-refractivity contribution is 6.20. The van der Waals surface area contributed by atoms with Crippen LogP contribution in [0.5, 0.6) is 17.2 Å². The molecule has 7 heteroatoms. The highest BCUT2D eigenvalue weighted by Crippen LogP contribution is 2.47. The molecule has 0 aliphatic rings. The van der Waals surface area contributed by atoms with Crippen LogP contribution in [-0.2, 0) is 4.79 Å². The van der Waals surface area contributed by atoms with Crippen molar-refractivity contribution >= 4 is 33.3 Å². The summed E-state index contributed by atoms with van der Waals surface area (Å²) in [6.45, 7) is 0.0172. The molecular formula is C22H24N2O5. The number of methoxy groups -OCH3 is 2. The predicted octanol–water partition coefficient (Wildman–Crippen LogP) is 2.62. The van der Waals surface area contributed by atoms with Crippen molar-refractivity contribution < 1.29 is 23.8 Å². The molecule has 0 atom stereocenters. The third kappa shape index (κ3) is 3.74. The summed E-state index contributed by atoms with van der Waals surface area (Å²) in [5.41, 5.74) is 6.06. The Morgan fingerprint density at radius 2 is 1.52 bits per heavy atom. The van der Waals surface area contributed by atoms with E-state index < -0.39 is 5.97 Å². The number of carbonyl (C=O) groups is 2.